The van der Waals surface area contributed by atoms with Crippen molar-refractivity contribution in [3.8, 4) is 17.2 Å². The Hall–Kier alpha value is -3.67. The van der Waals surface area contributed by atoms with Gasteiger partial charge in [-0.25, -0.2) is 4.79 Å². The molecule has 0 fully saturated rings. The van der Waals surface area contributed by atoms with E-state index in [2.05, 4.69) is 5.32 Å². The van der Waals surface area contributed by atoms with E-state index in [9.17, 15) is 4.79 Å². The second-order valence-corrected chi connectivity index (χ2v) is 7.36. The van der Waals surface area contributed by atoms with Crippen LogP contribution in [0.25, 0.3) is 0 Å². The molecule has 3 aromatic rings. The molecule has 174 valence electrons. The SMILES string of the molecule is CCOc1cc(NC(=O)N(Cc2ccccc2)Cc2ccccc2)cc(OCC)c1OCC. The third-order valence-electron chi connectivity index (χ3n) is 4.88. The van der Waals surface area contributed by atoms with Crippen molar-refractivity contribution in [1.82, 2.24) is 4.90 Å². The molecule has 1 N–H and O–H groups in total. The highest BCUT2D eigenvalue weighted by Gasteiger charge is 2.19. The van der Waals surface area contributed by atoms with Crippen LogP contribution in [0.15, 0.2) is 72.8 Å². The average Bonchev–Trinajstić information content (AvgIpc) is 2.82. The lowest BCUT2D eigenvalue weighted by molar-refractivity contribution is 0.206. The van der Waals surface area contributed by atoms with Gasteiger partial charge in [-0.05, 0) is 31.9 Å². The third kappa shape index (κ3) is 6.91. The molecule has 6 nitrogen and oxygen atoms in total. The van der Waals surface area contributed by atoms with E-state index in [1.807, 2.05) is 81.4 Å². The molecular weight excluding hydrogens is 416 g/mol. The second-order valence-electron chi connectivity index (χ2n) is 7.36. The lowest BCUT2D eigenvalue weighted by Gasteiger charge is -2.24. The Morgan fingerprint density at radius 1 is 0.727 bits per heavy atom. The van der Waals surface area contributed by atoms with Crippen molar-refractivity contribution in [2.45, 2.75) is 33.9 Å². The van der Waals surface area contributed by atoms with E-state index in [0.29, 0.717) is 55.8 Å². The van der Waals surface area contributed by atoms with Crippen molar-refractivity contribution < 1.29 is 19.0 Å². The molecule has 3 rings (SSSR count). The van der Waals surface area contributed by atoms with E-state index in [1.54, 1.807) is 17.0 Å². The van der Waals surface area contributed by atoms with E-state index in [-0.39, 0.29) is 6.03 Å². The quantitative estimate of drug-likeness (QED) is 0.384. The minimum Gasteiger partial charge on any atom is -0.490 e. The molecule has 33 heavy (non-hydrogen) atoms. The van der Waals surface area contributed by atoms with Crippen LogP contribution < -0.4 is 19.5 Å². The Morgan fingerprint density at radius 2 is 1.18 bits per heavy atom. The number of urea groups is 1. The maximum Gasteiger partial charge on any atom is 0.322 e. The van der Waals surface area contributed by atoms with Crippen LogP contribution in [0.1, 0.15) is 31.9 Å². The highest BCUT2D eigenvalue weighted by Crippen LogP contribution is 2.41. The minimum atomic E-state index is -0.211. The van der Waals surface area contributed by atoms with Crippen LogP contribution in [0.3, 0.4) is 0 Å². The molecule has 0 saturated carbocycles. The van der Waals surface area contributed by atoms with Crippen LogP contribution in [0, 0.1) is 0 Å². The Bertz CT molecular complexity index is 941. The average molecular weight is 449 g/mol. The Morgan fingerprint density at radius 3 is 1.61 bits per heavy atom. The molecule has 2 amide bonds. The van der Waals surface area contributed by atoms with Gasteiger partial charge < -0.3 is 24.4 Å². The number of benzene rings is 3. The fourth-order valence-electron chi connectivity index (χ4n) is 3.47. The zero-order chi connectivity index (χ0) is 23.5. The first-order valence-corrected chi connectivity index (χ1v) is 11.3. The number of anilines is 1. The number of carbonyl (C=O) groups excluding carboxylic acids is 1. The predicted octanol–water partition coefficient (Wildman–Crippen LogP) is 6.12. The summed E-state index contributed by atoms with van der Waals surface area (Å²) in [5.74, 6) is 1.63. The van der Waals surface area contributed by atoms with Crippen molar-refractivity contribution in [3.05, 3.63) is 83.9 Å². The standard InChI is InChI=1S/C27H32N2O4/c1-4-31-24-17-23(18-25(32-5-2)26(24)33-6-3)28-27(30)29(19-21-13-9-7-10-14-21)20-22-15-11-8-12-16-22/h7-18H,4-6,19-20H2,1-3H3,(H,28,30). The zero-order valence-corrected chi connectivity index (χ0v) is 19.5. The maximum absolute atomic E-state index is 13.4. The molecule has 0 heterocycles. The number of ether oxygens (including phenoxy) is 3. The summed E-state index contributed by atoms with van der Waals surface area (Å²) in [6.07, 6.45) is 0. The second kappa shape index (κ2) is 12.4. The van der Waals surface area contributed by atoms with E-state index in [1.165, 1.54) is 0 Å². The molecule has 0 aromatic heterocycles. The van der Waals surface area contributed by atoms with Crippen molar-refractivity contribution >= 4 is 11.7 Å². The topological polar surface area (TPSA) is 60.0 Å². The number of hydrogen-bond acceptors (Lipinski definition) is 4. The van der Waals surface area contributed by atoms with Crippen molar-refractivity contribution in [2.24, 2.45) is 0 Å². The lowest BCUT2D eigenvalue weighted by Crippen LogP contribution is -2.34. The highest BCUT2D eigenvalue weighted by molar-refractivity contribution is 5.90. The Balaban J connectivity index is 1.88. The van der Waals surface area contributed by atoms with Gasteiger partial charge in [0.05, 0.1) is 25.5 Å². The smallest absolute Gasteiger partial charge is 0.322 e. The van der Waals surface area contributed by atoms with Crippen LogP contribution in [-0.2, 0) is 13.1 Å². The first-order chi connectivity index (χ1) is 16.1. The van der Waals surface area contributed by atoms with Gasteiger partial charge in [-0.1, -0.05) is 60.7 Å². The summed E-state index contributed by atoms with van der Waals surface area (Å²) in [5.41, 5.74) is 2.70. The fraction of sp³-hybridized carbons (Fsp3) is 0.296. The number of rotatable bonds is 11. The Labute approximate surface area is 196 Å². The van der Waals surface area contributed by atoms with Crippen molar-refractivity contribution in [2.75, 3.05) is 25.1 Å². The van der Waals surface area contributed by atoms with Gasteiger partial charge in [-0.2, -0.15) is 0 Å². The van der Waals surface area contributed by atoms with Gasteiger partial charge in [-0.3, -0.25) is 0 Å². The normalized spacial score (nSPS) is 10.4. The first-order valence-electron chi connectivity index (χ1n) is 11.3. The van der Waals surface area contributed by atoms with Crippen molar-refractivity contribution in [1.29, 1.82) is 0 Å². The molecule has 0 aliphatic heterocycles. The summed E-state index contributed by atoms with van der Waals surface area (Å²) in [7, 11) is 0. The predicted molar refractivity (Wildman–Crippen MR) is 131 cm³/mol. The van der Waals surface area contributed by atoms with E-state index >= 15 is 0 Å². The molecule has 0 bridgehead atoms. The number of carbonyl (C=O) groups is 1. The molecule has 0 unspecified atom stereocenters. The molecule has 0 radical (unpaired) electrons. The summed E-state index contributed by atoms with van der Waals surface area (Å²) in [5, 5.41) is 3.02. The molecule has 3 aromatic carbocycles. The van der Waals surface area contributed by atoms with Crippen LogP contribution in [0.2, 0.25) is 0 Å². The van der Waals surface area contributed by atoms with Gasteiger partial charge >= 0.3 is 6.03 Å². The van der Waals surface area contributed by atoms with Crippen LogP contribution >= 0.6 is 0 Å². The summed E-state index contributed by atoms with van der Waals surface area (Å²) in [6.45, 7) is 8.10. The number of hydrogen-bond donors (Lipinski definition) is 1. The van der Waals surface area contributed by atoms with Gasteiger partial charge in [0.15, 0.2) is 11.5 Å². The molecule has 6 heteroatoms. The highest BCUT2D eigenvalue weighted by atomic mass is 16.5. The van der Waals surface area contributed by atoms with Crippen LogP contribution in [-0.4, -0.2) is 30.8 Å². The van der Waals surface area contributed by atoms with Crippen molar-refractivity contribution in [3.63, 3.8) is 0 Å². The monoisotopic (exact) mass is 448 g/mol. The molecule has 0 aliphatic rings. The molecule has 0 atom stereocenters. The summed E-state index contributed by atoms with van der Waals surface area (Å²) >= 11 is 0. The zero-order valence-electron chi connectivity index (χ0n) is 19.5. The minimum absolute atomic E-state index is 0.211. The Kier molecular flexibility index (Phi) is 9.00. The van der Waals surface area contributed by atoms with Crippen LogP contribution in [0.4, 0.5) is 10.5 Å². The number of amides is 2. The molecule has 0 saturated heterocycles. The van der Waals surface area contributed by atoms with Crippen LogP contribution in [0.5, 0.6) is 17.2 Å². The summed E-state index contributed by atoms with van der Waals surface area (Å²) in [6, 6.07) is 23.2. The fourth-order valence-corrected chi connectivity index (χ4v) is 3.47. The summed E-state index contributed by atoms with van der Waals surface area (Å²) in [4.78, 5) is 15.2. The van der Waals surface area contributed by atoms with Gasteiger partial charge in [0.25, 0.3) is 0 Å². The largest absolute Gasteiger partial charge is 0.490 e. The maximum atomic E-state index is 13.4. The van der Waals surface area contributed by atoms with E-state index in [4.69, 9.17) is 14.2 Å². The third-order valence-corrected chi connectivity index (χ3v) is 4.88. The number of nitrogens with one attached hydrogen (secondary N) is 1. The van der Waals surface area contributed by atoms with Gasteiger partial charge in [0.1, 0.15) is 0 Å². The van der Waals surface area contributed by atoms with Gasteiger partial charge in [0, 0.05) is 25.2 Å². The molecule has 0 aliphatic carbocycles. The molecule has 0 spiro atoms. The summed E-state index contributed by atoms with van der Waals surface area (Å²) < 4.78 is 17.3. The van der Waals surface area contributed by atoms with E-state index < -0.39 is 0 Å². The lowest BCUT2D eigenvalue weighted by atomic mass is 10.2. The van der Waals surface area contributed by atoms with Gasteiger partial charge in [-0.15, -0.1) is 0 Å². The molecular formula is C27H32N2O4. The number of nitrogens with zero attached hydrogens (tertiary/aromatic N) is 1. The first kappa shape index (κ1) is 24.0. The van der Waals surface area contributed by atoms with Gasteiger partial charge in [0.2, 0.25) is 5.75 Å². The van der Waals surface area contributed by atoms with E-state index in [0.717, 1.165) is 11.1 Å².